The van der Waals surface area contributed by atoms with E-state index in [1.165, 1.54) is 4.88 Å². The van der Waals surface area contributed by atoms with Crippen LogP contribution in [0.1, 0.15) is 24.1 Å². The van der Waals surface area contributed by atoms with Gasteiger partial charge in [-0.25, -0.2) is 0 Å². The fourth-order valence-electron chi connectivity index (χ4n) is 2.40. The molecule has 1 aromatic rings. The topological polar surface area (TPSA) is 46.3 Å². The predicted molar refractivity (Wildman–Crippen MR) is 71.0 cm³/mol. The molecule has 0 aromatic carbocycles. The number of thiophene rings is 1. The minimum atomic E-state index is 0.165. The molecule has 0 saturated heterocycles. The van der Waals surface area contributed by atoms with Crippen LogP contribution in [0, 0.1) is 5.92 Å². The van der Waals surface area contributed by atoms with Gasteiger partial charge < -0.3 is 10.6 Å². The zero-order valence-electron chi connectivity index (χ0n) is 10.3. The average molecular weight is 252 g/mol. The highest BCUT2D eigenvalue weighted by Gasteiger charge is 2.29. The van der Waals surface area contributed by atoms with Crippen LogP contribution in [-0.2, 0) is 11.2 Å². The predicted octanol–water partition coefficient (Wildman–Crippen LogP) is 1.88. The van der Waals surface area contributed by atoms with E-state index < -0.39 is 0 Å². The maximum absolute atomic E-state index is 12.1. The summed E-state index contributed by atoms with van der Waals surface area (Å²) in [6.45, 7) is 0.811. The minimum Gasteiger partial charge on any atom is -0.345 e. The number of hydrogen-bond acceptors (Lipinski definition) is 3. The van der Waals surface area contributed by atoms with Crippen molar-refractivity contribution in [1.29, 1.82) is 0 Å². The fourth-order valence-corrected chi connectivity index (χ4v) is 3.09. The second-order valence-corrected chi connectivity index (χ2v) is 5.89. The summed E-state index contributed by atoms with van der Waals surface area (Å²) in [5.41, 5.74) is 5.85. The summed E-state index contributed by atoms with van der Waals surface area (Å²) in [4.78, 5) is 15.3. The summed E-state index contributed by atoms with van der Waals surface area (Å²) < 4.78 is 0. The second-order valence-electron chi connectivity index (χ2n) is 4.86. The number of carbonyl (C=O) groups excluding carboxylic acids is 1. The molecule has 0 bridgehead atoms. The van der Waals surface area contributed by atoms with Crippen molar-refractivity contribution in [2.45, 2.75) is 31.7 Å². The van der Waals surface area contributed by atoms with Gasteiger partial charge in [-0.3, -0.25) is 4.79 Å². The van der Waals surface area contributed by atoms with Gasteiger partial charge >= 0.3 is 0 Å². The van der Waals surface area contributed by atoms with E-state index in [0.717, 1.165) is 32.2 Å². The van der Waals surface area contributed by atoms with Gasteiger partial charge in [-0.15, -0.1) is 11.3 Å². The molecule has 1 aliphatic carbocycles. The van der Waals surface area contributed by atoms with Crippen LogP contribution in [-0.4, -0.2) is 30.4 Å². The zero-order valence-corrected chi connectivity index (χ0v) is 11.1. The highest BCUT2D eigenvalue weighted by molar-refractivity contribution is 7.09. The van der Waals surface area contributed by atoms with Crippen LogP contribution in [0.15, 0.2) is 17.5 Å². The summed E-state index contributed by atoms with van der Waals surface area (Å²) in [7, 11) is 1.90. The van der Waals surface area contributed by atoms with Crippen molar-refractivity contribution in [2.24, 2.45) is 11.7 Å². The van der Waals surface area contributed by atoms with Crippen molar-refractivity contribution in [1.82, 2.24) is 4.90 Å². The first kappa shape index (κ1) is 12.6. The van der Waals surface area contributed by atoms with Crippen molar-refractivity contribution in [3.05, 3.63) is 22.4 Å². The summed E-state index contributed by atoms with van der Waals surface area (Å²) in [6, 6.07) is 4.40. The van der Waals surface area contributed by atoms with E-state index >= 15 is 0 Å². The monoisotopic (exact) mass is 252 g/mol. The van der Waals surface area contributed by atoms with Gasteiger partial charge in [0.15, 0.2) is 0 Å². The van der Waals surface area contributed by atoms with Crippen LogP contribution in [0.5, 0.6) is 0 Å². The van der Waals surface area contributed by atoms with Crippen molar-refractivity contribution in [2.75, 3.05) is 13.6 Å². The Bertz CT molecular complexity index is 364. The molecule has 0 aliphatic heterocycles. The van der Waals surface area contributed by atoms with Gasteiger partial charge in [0.25, 0.3) is 0 Å². The molecule has 94 valence electrons. The van der Waals surface area contributed by atoms with E-state index in [1.54, 1.807) is 11.3 Å². The van der Waals surface area contributed by atoms with Crippen LogP contribution in [0.25, 0.3) is 0 Å². The molecule has 4 heteroatoms. The number of rotatable bonds is 4. The molecule has 2 unspecified atom stereocenters. The molecule has 1 saturated carbocycles. The van der Waals surface area contributed by atoms with Gasteiger partial charge in [0.05, 0.1) is 0 Å². The number of carbonyl (C=O) groups is 1. The maximum Gasteiger partial charge on any atom is 0.225 e. The molecule has 0 spiro atoms. The third-order valence-corrected chi connectivity index (χ3v) is 4.41. The van der Waals surface area contributed by atoms with Gasteiger partial charge in [0.2, 0.25) is 5.91 Å². The first-order chi connectivity index (χ1) is 8.16. The van der Waals surface area contributed by atoms with Crippen molar-refractivity contribution in [3.8, 4) is 0 Å². The third kappa shape index (κ3) is 3.30. The lowest BCUT2D eigenvalue weighted by Gasteiger charge is -2.20. The summed E-state index contributed by atoms with van der Waals surface area (Å²) >= 11 is 1.75. The SMILES string of the molecule is CN(CCc1cccs1)C(=O)C1CCC(N)C1. The van der Waals surface area contributed by atoms with Crippen LogP contribution in [0.2, 0.25) is 0 Å². The number of amides is 1. The Labute approximate surface area is 107 Å². The van der Waals surface area contributed by atoms with Gasteiger partial charge in [0.1, 0.15) is 0 Å². The molecule has 1 fully saturated rings. The second kappa shape index (κ2) is 5.65. The van der Waals surface area contributed by atoms with Gasteiger partial charge in [-0.2, -0.15) is 0 Å². The Balaban J connectivity index is 1.79. The molecule has 0 radical (unpaired) electrons. The van der Waals surface area contributed by atoms with E-state index in [1.807, 2.05) is 11.9 Å². The molecule has 1 aliphatic rings. The number of nitrogens with zero attached hydrogens (tertiary/aromatic N) is 1. The molecule has 2 N–H and O–H groups in total. The van der Waals surface area contributed by atoms with Gasteiger partial charge in [-0.05, 0) is 37.1 Å². The lowest BCUT2D eigenvalue weighted by molar-refractivity contribution is -0.133. The minimum absolute atomic E-state index is 0.165. The Hall–Kier alpha value is -0.870. The number of likely N-dealkylation sites (N-methyl/N-ethyl adjacent to an activating group) is 1. The smallest absolute Gasteiger partial charge is 0.225 e. The Morgan fingerprint density at radius 2 is 2.41 bits per heavy atom. The van der Waals surface area contributed by atoms with Crippen LogP contribution >= 0.6 is 11.3 Å². The van der Waals surface area contributed by atoms with Crippen molar-refractivity contribution < 1.29 is 4.79 Å². The van der Waals surface area contributed by atoms with Crippen LogP contribution in [0.4, 0.5) is 0 Å². The van der Waals surface area contributed by atoms with Gasteiger partial charge in [0, 0.05) is 30.4 Å². The van der Waals surface area contributed by atoms with Gasteiger partial charge in [-0.1, -0.05) is 6.07 Å². The van der Waals surface area contributed by atoms with Crippen LogP contribution in [0.3, 0.4) is 0 Å². The molecular formula is C13H20N2OS. The van der Waals surface area contributed by atoms with E-state index in [9.17, 15) is 4.79 Å². The van der Waals surface area contributed by atoms with E-state index in [0.29, 0.717) is 0 Å². The highest BCUT2D eigenvalue weighted by Crippen LogP contribution is 2.25. The normalized spacial score (nSPS) is 23.9. The molecule has 1 aromatic heterocycles. The highest BCUT2D eigenvalue weighted by atomic mass is 32.1. The number of hydrogen-bond donors (Lipinski definition) is 1. The lowest BCUT2D eigenvalue weighted by atomic mass is 10.1. The summed E-state index contributed by atoms with van der Waals surface area (Å²) in [5, 5.41) is 2.08. The quantitative estimate of drug-likeness (QED) is 0.889. The molecule has 1 amide bonds. The molecule has 1 heterocycles. The largest absolute Gasteiger partial charge is 0.345 e. The third-order valence-electron chi connectivity index (χ3n) is 3.47. The number of nitrogens with two attached hydrogens (primary N) is 1. The summed E-state index contributed by atoms with van der Waals surface area (Å²) in [6.07, 6.45) is 3.78. The van der Waals surface area contributed by atoms with Crippen molar-refractivity contribution in [3.63, 3.8) is 0 Å². The zero-order chi connectivity index (χ0) is 12.3. The molecule has 2 atom stereocenters. The fraction of sp³-hybridized carbons (Fsp3) is 0.615. The van der Waals surface area contributed by atoms with E-state index in [2.05, 4.69) is 17.5 Å². The van der Waals surface area contributed by atoms with Crippen molar-refractivity contribution >= 4 is 17.2 Å². The average Bonchev–Trinajstić information content (AvgIpc) is 2.95. The molecule has 3 nitrogen and oxygen atoms in total. The molecule has 2 rings (SSSR count). The Kier molecular flexibility index (Phi) is 4.18. The first-order valence-electron chi connectivity index (χ1n) is 6.19. The Morgan fingerprint density at radius 3 is 3.00 bits per heavy atom. The molecular weight excluding hydrogens is 232 g/mol. The lowest BCUT2D eigenvalue weighted by Crippen LogP contribution is -2.34. The van der Waals surface area contributed by atoms with E-state index in [4.69, 9.17) is 5.73 Å². The van der Waals surface area contributed by atoms with Crippen LogP contribution < -0.4 is 5.73 Å². The van der Waals surface area contributed by atoms with E-state index in [-0.39, 0.29) is 17.9 Å². The molecule has 17 heavy (non-hydrogen) atoms. The first-order valence-corrected chi connectivity index (χ1v) is 7.07. The Morgan fingerprint density at radius 1 is 1.59 bits per heavy atom. The maximum atomic E-state index is 12.1. The standard InChI is InChI=1S/C13H20N2OS/c1-15(7-6-12-3-2-8-17-12)13(16)10-4-5-11(14)9-10/h2-3,8,10-11H,4-7,9,14H2,1H3. The summed E-state index contributed by atoms with van der Waals surface area (Å²) in [5.74, 6) is 0.438.